The van der Waals surface area contributed by atoms with Gasteiger partial charge in [-0.15, -0.1) is 0 Å². The van der Waals surface area contributed by atoms with Gasteiger partial charge in [-0.3, -0.25) is 4.90 Å². The van der Waals surface area contributed by atoms with Gasteiger partial charge in [0.15, 0.2) is 0 Å². The van der Waals surface area contributed by atoms with Crippen LogP contribution in [0.4, 0.5) is 0 Å². The number of hydrogen-bond donors (Lipinski definition) is 1. The molecule has 0 fully saturated rings. The molecule has 0 aliphatic rings. The van der Waals surface area contributed by atoms with E-state index in [1.54, 1.807) is 0 Å². The molecule has 17 heavy (non-hydrogen) atoms. The molecule has 2 atom stereocenters. The van der Waals surface area contributed by atoms with Crippen molar-refractivity contribution < 1.29 is 0 Å². The Morgan fingerprint density at radius 3 is 2.59 bits per heavy atom. The molecule has 0 amide bonds. The summed E-state index contributed by atoms with van der Waals surface area (Å²) in [4.78, 5) is 2.28. The second-order valence-electron chi connectivity index (χ2n) is 4.30. The third-order valence-corrected chi connectivity index (χ3v) is 3.78. The number of thioether (sulfide) groups is 1. The summed E-state index contributed by atoms with van der Waals surface area (Å²) in [5.74, 6) is 1.10. The van der Waals surface area contributed by atoms with Gasteiger partial charge in [0, 0.05) is 23.4 Å². The normalized spacial score (nSPS) is 14.9. The lowest BCUT2D eigenvalue weighted by molar-refractivity contribution is 0.232. The molecule has 96 valence electrons. The van der Waals surface area contributed by atoms with Gasteiger partial charge in [0.2, 0.25) is 0 Å². The van der Waals surface area contributed by atoms with Gasteiger partial charge in [-0.05, 0) is 31.9 Å². The fourth-order valence-corrected chi connectivity index (χ4v) is 2.73. The van der Waals surface area contributed by atoms with Crippen molar-refractivity contribution in [3.05, 3.63) is 34.9 Å². The van der Waals surface area contributed by atoms with E-state index in [1.807, 2.05) is 36.9 Å². The van der Waals surface area contributed by atoms with E-state index >= 15 is 0 Å². The van der Waals surface area contributed by atoms with Gasteiger partial charge in [-0.25, -0.2) is 0 Å². The number of likely N-dealkylation sites (N-methyl/N-ethyl adjacent to an activating group) is 1. The Kier molecular flexibility index (Phi) is 6.34. The van der Waals surface area contributed by atoms with E-state index in [4.69, 9.17) is 17.3 Å². The minimum atomic E-state index is 0.0572. The summed E-state index contributed by atoms with van der Waals surface area (Å²) in [5.41, 5.74) is 7.22. The van der Waals surface area contributed by atoms with E-state index in [-0.39, 0.29) is 12.1 Å². The molecule has 0 saturated heterocycles. The topological polar surface area (TPSA) is 29.3 Å². The van der Waals surface area contributed by atoms with Crippen LogP contribution in [0.15, 0.2) is 24.3 Å². The Labute approximate surface area is 114 Å². The summed E-state index contributed by atoms with van der Waals surface area (Å²) in [6, 6.07) is 8.18. The predicted molar refractivity (Wildman–Crippen MR) is 78.9 cm³/mol. The van der Waals surface area contributed by atoms with Crippen molar-refractivity contribution in [1.82, 2.24) is 4.90 Å². The van der Waals surface area contributed by atoms with Gasteiger partial charge in [0.25, 0.3) is 0 Å². The van der Waals surface area contributed by atoms with Crippen LogP contribution < -0.4 is 5.73 Å². The standard InChI is InChI=1S/C13H21ClN2S/c1-10(15)13(16(2)8-9-17-3)11-6-4-5-7-12(11)14/h4-7,10,13H,8-9,15H2,1-3H3. The van der Waals surface area contributed by atoms with Gasteiger partial charge in [-0.2, -0.15) is 11.8 Å². The van der Waals surface area contributed by atoms with Crippen LogP contribution in [0, 0.1) is 0 Å². The van der Waals surface area contributed by atoms with E-state index in [1.165, 1.54) is 0 Å². The highest BCUT2D eigenvalue weighted by Crippen LogP contribution is 2.28. The second-order valence-corrected chi connectivity index (χ2v) is 5.69. The largest absolute Gasteiger partial charge is 0.326 e. The molecule has 0 radical (unpaired) electrons. The Hall–Kier alpha value is -0.220. The molecule has 1 aromatic rings. The lowest BCUT2D eigenvalue weighted by Crippen LogP contribution is -2.38. The van der Waals surface area contributed by atoms with Crippen molar-refractivity contribution >= 4 is 23.4 Å². The minimum absolute atomic E-state index is 0.0572. The first-order chi connectivity index (χ1) is 8.07. The van der Waals surface area contributed by atoms with Gasteiger partial charge in [0.1, 0.15) is 0 Å². The summed E-state index contributed by atoms with van der Waals surface area (Å²) in [5, 5.41) is 0.797. The van der Waals surface area contributed by atoms with Crippen molar-refractivity contribution in [3.8, 4) is 0 Å². The number of nitrogens with zero attached hydrogens (tertiary/aromatic N) is 1. The number of hydrogen-bond acceptors (Lipinski definition) is 3. The molecule has 2 nitrogen and oxygen atoms in total. The second kappa shape index (κ2) is 7.27. The highest BCUT2D eigenvalue weighted by molar-refractivity contribution is 7.98. The van der Waals surface area contributed by atoms with E-state index in [9.17, 15) is 0 Å². The minimum Gasteiger partial charge on any atom is -0.326 e. The first-order valence-electron chi connectivity index (χ1n) is 5.77. The van der Waals surface area contributed by atoms with E-state index in [2.05, 4.69) is 24.3 Å². The van der Waals surface area contributed by atoms with E-state index in [0.29, 0.717) is 0 Å². The third kappa shape index (κ3) is 4.18. The van der Waals surface area contributed by atoms with Gasteiger partial charge < -0.3 is 5.73 Å². The molecule has 1 rings (SSSR count). The zero-order valence-corrected chi connectivity index (χ0v) is 12.3. The molecular weight excluding hydrogens is 252 g/mol. The molecule has 1 aromatic carbocycles. The van der Waals surface area contributed by atoms with E-state index < -0.39 is 0 Å². The van der Waals surface area contributed by atoms with Gasteiger partial charge in [0.05, 0.1) is 6.04 Å². The fourth-order valence-electron chi connectivity index (χ4n) is 2.01. The van der Waals surface area contributed by atoms with Crippen LogP contribution in [0.5, 0.6) is 0 Å². The molecule has 0 aromatic heterocycles. The molecule has 0 aliphatic carbocycles. The maximum absolute atomic E-state index is 6.25. The van der Waals surface area contributed by atoms with Crippen molar-refractivity contribution in [2.45, 2.75) is 19.0 Å². The van der Waals surface area contributed by atoms with Gasteiger partial charge in [-0.1, -0.05) is 29.8 Å². The Morgan fingerprint density at radius 1 is 1.41 bits per heavy atom. The van der Waals surface area contributed by atoms with Crippen LogP contribution in [0.25, 0.3) is 0 Å². The maximum Gasteiger partial charge on any atom is 0.0508 e. The SMILES string of the molecule is CSCCN(C)C(c1ccccc1Cl)C(C)N. The van der Waals surface area contributed by atoms with Crippen molar-refractivity contribution in [2.75, 3.05) is 25.6 Å². The summed E-state index contributed by atoms with van der Waals surface area (Å²) in [7, 11) is 2.10. The zero-order valence-electron chi connectivity index (χ0n) is 10.7. The highest BCUT2D eigenvalue weighted by Gasteiger charge is 2.22. The Morgan fingerprint density at radius 2 is 2.06 bits per heavy atom. The number of rotatable bonds is 6. The van der Waals surface area contributed by atoms with Crippen LogP contribution in [-0.4, -0.2) is 36.5 Å². The predicted octanol–water partition coefficient (Wildman–Crippen LogP) is 3.02. The summed E-state index contributed by atoms with van der Waals surface area (Å²) in [6.45, 7) is 3.04. The molecule has 0 bridgehead atoms. The highest BCUT2D eigenvalue weighted by atomic mass is 35.5. The summed E-state index contributed by atoms with van der Waals surface area (Å²) in [6.07, 6.45) is 2.12. The fraction of sp³-hybridized carbons (Fsp3) is 0.538. The average molecular weight is 273 g/mol. The average Bonchev–Trinajstić information content (AvgIpc) is 2.29. The Balaban J connectivity index is 2.89. The first-order valence-corrected chi connectivity index (χ1v) is 7.54. The summed E-state index contributed by atoms with van der Waals surface area (Å²) < 4.78 is 0. The van der Waals surface area contributed by atoms with Crippen LogP contribution >= 0.6 is 23.4 Å². The molecule has 4 heteroatoms. The molecular formula is C13H21ClN2S. The molecule has 2 unspecified atom stereocenters. The van der Waals surface area contributed by atoms with Crippen LogP contribution in [0.2, 0.25) is 5.02 Å². The van der Waals surface area contributed by atoms with Crippen LogP contribution in [0.3, 0.4) is 0 Å². The maximum atomic E-state index is 6.25. The van der Waals surface area contributed by atoms with Gasteiger partial charge >= 0.3 is 0 Å². The first kappa shape index (κ1) is 14.8. The monoisotopic (exact) mass is 272 g/mol. The molecule has 0 aliphatic heterocycles. The smallest absolute Gasteiger partial charge is 0.0508 e. The molecule has 0 heterocycles. The zero-order chi connectivity index (χ0) is 12.8. The summed E-state index contributed by atoms with van der Waals surface area (Å²) >= 11 is 8.10. The van der Waals surface area contributed by atoms with Crippen molar-refractivity contribution in [3.63, 3.8) is 0 Å². The molecule has 2 N–H and O–H groups in total. The van der Waals surface area contributed by atoms with E-state index in [0.717, 1.165) is 22.9 Å². The lowest BCUT2D eigenvalue weighted by atomic mass is 9.99. The number of benzene rings is 1. The Bertz CT molecular complexity index is 344. The molecule has 0 spiro atoms. The quantitative estimate of drug-likeness (QED) is 0.863. The van der Waals surface area contributed by atoms with Crippen molar-refractivity contribution in [2.24, 2.45) is 5.73 Å². The number of halogens is 1. The van der Waals surface area contributed by atoms with Crippen LogP contribution in [0.1, 0.15) is 18.5 Å². The van der Waals surface area contributed by atoms with Crippen molar-refractivity contribution in [1.29, 1.82) is 0 Å². The van der Waals surface area contributed by atoms with Crippen LogP contribution in [-0.2, 0) is 0 Å². The number of nitrogens with two attached hydrogens (primary N) is 1. The third-order valence-electron chi connectivity index (χ3n) is 2.84. The lowest BCUT2D eigenvalue weighted by Gasteiger charge is -2.31. The molecule has 0 saturated carbocycles.